The molecule has 1 aromatic carbocycles. The number of nitriles is 2. The molecule has 0 radical (unpaired) electrons. The second kappa shape index (κ2) is 5.87. The molecule has 6 nitrogen and oxygen atoms in total. The largest absolute Gasteiger partial charge is 0.325 e. The van der Waals surface area contributed by atoms with Crippen molar-refractivity contribution in [3.63, 3.8) is 0 Å². The molecule has 1 aromatic heterocycles. The molecule has 27 heavy (non-hydrogen) atoms. The third-order valence-electron chi connectivity index (χ3n) is 6.14. The van der Waals surface area contributed by atoms with Gasteiger partial charge in [0.05, 0.1) is 16.8 Å². The first-order chi connectivity index (χ1) is 12.8. The van der Waals surface area contributed by atoms with Crippen molar-refractivity contribution in [1.29, 1.82) is 10.5 Å². The Labute approximate surface area is 165 Å². The van der Waals surface area contributed by atoms with E-state index in [1.807, 2.05) is 50.3 Å². The van der Waals surface area contributed by atoms with Crippen molar-refractivity contribution in [2.24, 2.45) is 5.41 Å². The molecule has 4 rings (SSSR count). The predicted octanol–water partition coefficient (Wildman–Crippen LogP) is 3.78. The first kappa shape index (κ1) is 17.6. The Morgan fingerprint density at radius 1 is 1.19 bits per heavy atom. The maximum absolute atomic E-state index is 13.5. The lowest BCUT2D eigenvalue weighted by Gasteiger charge is -2.36. The number of amides is 1. The number of carbonyl (C=O) groups is 1. The molecule has 7 heteroatoms. The zero-order valence-electron chi connectivity index (χ0n) is 14.9. The summed E-state index contributed by atoms with van der Waals surface area (Å²) in [6.07, 6.45) is 1.45. The first-order valence-corrected chi connectivity index (χ1v) is 9.44. The third kappa shape index (κ3) is 2.25. The number of rotatable bonds is 2. The predicted molar refractivity (Wildman–Crippen MR) is 102 cm³/mol. The number of halogens is 1. The van der Waals surface area contributed by atoms with Gasteiger partial charge in [-0.05, 0) is 42.5 Å². The molecule has 2 aliphatic rings. The van der Waals surface area contributed by atoms with Crippen LogP contribution < -0.4 is 5.32 Å². The standard InChI is InChI=1S/C20H16BrN5O/c1-19(2)13-7-8-20(19,18(27)24-12-5-3-11(21)4-6-12)17-16(13)25-14(9-22)15(10-23)26-17/h3-6,13H,7-8H2,1-2H3,(H,24,27). The smallest absolute Gasteiger partial charge is 0.237 e. The first-order valence-electron chi connectivity index (χ1n) is 8.65. The summed E-state index contributed by atoms with van der Waals surface area (Å²) in [5.41, 5.74) is 0.676. The molecule has 1 fully saturated rings. The molecular formula is C20H16BrN5O. The molecule has 2 atom stereocenters. The van der Waals surface area contributed by atoms with Gasteiger partial charge < -0.3 is 5.32 Å². The Hall–Kier alpha value is -2.77. The molecule has 2 aliphatic carbocycles. The van der Waals surface area contributed by atoms with Gasteiger partial charge in [-0.1, -0.05) is 29.8 Å². The van der Waals surface area contributed by atoms with Crippen molar-refractivity contribution in [3.8, 4) is 12.1 Å². The van der Waals surface area contributed by atoms with Gasteiger partial charge in [0.1, 0.15) is 12.1 Å². The van der Waals surface area contributed by atoms with Crippen molar-refractivity contribution in [2.75, 3.05) is 5.32 Å². The van der Waals surface area contributed by atoms with Gasteiger partial charge in [0.2, 0.25) is 5.91 Å². The van der Waals surface area contributed by atoms with E-state index >= 15 is 0 Å². The maximum atomic E-state index is 13.5. The molecule has 1 saturated carbocycles. The Balaban J connectivity index is 1.84. The van der Waals surface area contributed by atoms with Crippen LogP contribution >= 0.6 is 15.9 Å². The van der Waals surface area contributed by atoms with Gasteiger partial charge >= 0.3 is 0 Å². The van der Waals surface area contributed by atoms with E-state index in [1.165, 1.54) is 0 Å². The maximum Gasteiger partial charge on any atom is 0.237 e. The molecule has 2 aromatic rings. The zero-order valence-corrected chi connectivity index (χ0v) is 16.5. The molecule has 134 valence electrons. The van der Waals surface area contributed by atoms with E-state index < -0.39 is 10.8 Å². The van der Waals surface area contributed by atoms with E-state index in [2.05, 4.69) is 31.2 Å². The number of fused-ring (bicyclic) bond motifs is 5. The Morgan fingerprint density at radius 3 is 2.44 bits per heavy atom. The summed E-state index contributed by atoms with van der Waals surface area (Å²) in [5.74, 6) is -0.102. The van der Waals surface area contributed by atoms with Crippen LogP contribution in [0.4, 0.5) is 5.69 Å². The van der Waals surface area contributed by atoms with E-state index in [1.54, 1.807) is 0 Å². The van der Waals surface area contributed by atoms with Gasteiger partial charge in [0.25, 0.3) is 0 Å². The molecule has 1 amide bonds. The molecule has 0 aliphatic heterocycles. The number of benzene rings is 1. The van der Waals surface area contributed by atoms with Crippen LogP contribution in [0.2, 0.25) is 0 Å². The summed E-state index contributed by atoms with van der Waals surface area (Å²) in [6, 6.07) is 11.3. The highest BCUT2D eigenvalue weighted by molar-refractivity contribution is 9.10. The van der Waals surface area contributed by atoms with Crippen LogP contribution in [0.25, 0.3) is 0 Å². The summed E-state index contributed by atoms with van der Waals surface area (Å²) in [6.45, 7) is 4.10. The highest BCUT2D eigenvalue weighted by Gasteiger charge is 2.68. The Bertz CT molecular complexity index is 1050. The van der Waals surface area contributed by atoms with Gasteiger partial charge in [-0.3, -0.25) is 4.79 Å². The number of nitrogens with zero attached hydrogens (tertiary/aromatic N) is 4. The summed E-state index contributed by atoms with van der Waals surface area (Å²) >= 11 is 3.39. The molecular weight excluding hydrogens is 406 g/mol. The summed E-state index contributed by atoms with van der Waals surface area (Å²) in [4.78, 5) is 22.4. The molecule has 1 N–H and O–H groups in total. The van der Waals surface area contributed by atoms with Gasteiger partial charge in [-0.25, -0.2) is 9.97 Å². The quantitative estimate of drug-likeness (QED) is 0.794. The Morgan fingerprint density at radius 2 is 1.81 bits per heavy atom. The normalized spacial score (nSPS) is 24.0. The molecule has 0 saturated heterocycles. The average Bonchev–Trinajstić information content (AvgIpc) is 3.04. The van der Waals surface area contributed by atoms with Crippen LogP contribution in [0.1, 0.15) is 55.4 Å². The van der Waals surface area contributed by atoms with Crippen molar-refractivity contribution in [3.05, 3.63) is 51.5 Å². The Kier molecular flexibility index (Phi) is 3.83. The van der Waals surface area contributed by atoms with Crippen molar-refractivity contribution in [2.45, 2.75) is 38.0 Å². The van der Waals surface area contributed by atoms with Gasteiger partial charge in [0, 0.05) is 16.1 Å². The average molecular weight is 422 g/mol. The van der Waals surface area contributed by atoms with Crippen LogP contribution in [0.15, 0.2) is 28.7 Å². The van der Waals surface area contributed by atoms with Crippen LogP contribution in [0.5, 0.6) is 0 Å². The summed E-state index contributed by atoms with van der Waals surface area (Å²) in [5, 5.41) is 21.7. The number of anilines is 1. The van der Waals surface area contributed by atoms with E-state index in [0.29, 0.717) is 23.5 Å². The minimum Gasteiger partial charge on any atom is -0.325 e. The second-order valence-corrected chi connectivity index (χ2v) is 8.47. The minimum absolute atomic E-state index is 0.0181. The highest BCUT2D eigenvalue weighted by Crippen LogP contribution is 2.67. The van der Waals surface area contributed by atoms with E-state index in [0.717, 1.165) is 10.9 Å². The lowest BCUT2D eigenvalue weighted by atomic mass is 9.67. The van der Waals surface area contributed by atoms with Crippen molar-refractivity contribution < 1.29 is 4.79 Å². The van der Waals surface area contributed by atoms with Gasteiger partial charge in [0.15, 0.2) is 11.4 Å². The third-order valence-corrected chi connectivity index (χ3v) is 6.67. The number of hydrogen-bond donors (Lipinski definition) is 1. The molecule has 1 heterocycles. The van der Waals surface area contributed by atoms with Crippen LogP contribution in [0, 0.1) is 28.1 Å². The van der Waals surface area contributed by atoms with Crippen LogP contribution in [-0.4, -0.2) is 15.9 Å². The van der Waals surface area contributed by atoms with Gasteiger partial charge in [-0.15, -0.1) is 0 Å². The lowest BCUT2D eigenvalue weighted by Crippen LogP contribution is -2.46. The highest BCUT2D eigenvalue weighted by atomic mass is 79.9. The fourth-order valence-electron chi connectivity index (χ4n) is 4.69. The van der Waals surface area contributed by atoms with E-state index in [4.69, 9.17) is 0 Å². The fourth-order valence-corrected chi connectivity index (χ4v) is 4.95. The topological polar surface area (TPSA) is 102 Å². The molecule has 2 bridgehead atoms. The van der Waals surface area contributed by atoms with Crippen molar-refractivity contribution in [1.82, 2.24) is 9.97 Å². The lowest BCUT2D eigenvalue weighted by molar-refractivity contribution is -0.124. The summed E-state index contributed by atoms with van der Waals surface area (Å²) < 4.78 is 0.930. The summed E-state index contributed by atoms with van der Waals surface area (Å²) in [7, 11) is 0. The molecule has 2 unspecified atom stereocenters. The molecule has 0 spiro atoms. The second-order valence-electron chi connectivity index (χ2n) is 7.56. The number of nitrogens with one attached hydrogen (secondary N) is 1. The number of carbonyl (C=O) groups excluding carboxylic acids is 1. The van der Waals surface area contributed by atoms with E-state index in [-0.39, 0.29) is 23.2 Å². The minimum atomic E-state index is -0.868. The van der Waals surface area contributed by atoms with Gasteiger partial charge in [-0.2, -0.15) is 10.5 Å². The monoisotopic (exact) mass is 421 g/mol. The fraction of sp³-hybridized carbons (Fsp3) is 0.350. The van der Waals surface area contributed by atoms with Crippen molar-refractivity contribution >= 4 is 27.5 Å². The van der Waals surface area contributed by atoms with E-state index in [9.17, 15) is 15.3 Å². The van der Waals surface area contributed by atoms with Crippen LogP contribution in [-0.2, 0) is 10.2 Å². The number of hydrogen-bond acceptors (Lipinski definition) is 5. The zero-order chi connectivity index (χ0) is 19.4. The SMILES string of the molecule is CC1(C)C2CCC1(C(=O)Nc1ccc(Br)cc1)c1nc(C#N)c(C#N)nc12. The number of aromatic nitrogens is 2. The van der Waals surface area contributed by atoms with Crippen LogP contribution in [0.3, 0.4) is 0 Å².